The van der Waals surface area contributed by atoms with Gasteiger partial charge in [0.15, 0.2) is 5.92 Å². The lowest BCUT2D eigenvalue weighted by molar-refractivity contribution is -0.121. The molecule has 0 aliphatic heterocycles. The molecule has 1 aromatic rings. The molecule has 23 heavy (non-hydrogen) atoms. The first-order chi connectivity index (χ1) is 10.7. The number of rotatable bonds is 5. The molecule has 8 nitrogen and oxygen atoms in total. The molecule has 2 amide bonds. The van der Waals surface area contributed by atoms with Crippen LogP contribution in [0.15, 0.2) is 5.38 Å². The van der Waals surface area contributed by atoms with Crippen molar-refractivity contribution in [2.75, 3.05) is 7.05 Å². The largest absolute Gasteiger partial charge is 0.444 e. The van der Waals surface area contributed by atoms with Gasteiger partial charge in [-0.05, 0) is 20.8 Å². The van der Waals surface area contributed by atoms with Crippen molar-refractivity contribution in [1.29, 1.82) is 5.26 Å². The second kappa shape index (κ2) is 7.69. The molecule has 1 aromatic heterocycles. The lowest BCUT2D eigenvalue weighted by atomic mass is 10.0. The van der Waals surface area contributed by atoms with Gasteiger partial charge in [-0.1, -0.05) is 0 Å². The molecule has 0 aliphatic carbocycles. The van der Waals surface area contributed by atoms with Gasteiger partial charge in [0, 0.05) is 12.4 Å². The van der Waals surface area contributed by atoms with Crippen LogP contribution in [0.5, 0.6) is 0 Å². The number of ether oxygens (including phenoxy) is 1. The third-order valence-corrected chi connectivity index (χ3v) is 3.34. The van der Waals surface area contributed by atoms with E-state index in [1.807, 2.05) is 0 Å². The number of alkyl carbamates (subject to hydrolysis) is 1. The van der Waals surface area contributed by atoms with E-state index < -0.39 is 29.3 Å². The van der Waals surface area contributed by atoms with E-state index in [4.69, 9.17) is 10.00 Å². The van der Waals surface area contributed by atoms with Gasteiger partial charge < -0.3 is 15.4 Å². The van der Waals surface area contributed by atoms with Gasteiger partial charge in [-0.25, -0.2) is 9.78 Å². The zero-order valence-electron chi connectivity index (χ0n) is 13.3. The average Bonchev–Trinajstić information content (AvgIpc) is 2.92. The highest BCUT2D eigenvalue weighted by atomic mass is 32.1. The lowest BCUT2D eigenvalue weighted by Gasteiger charge is -2.19. The number of ketones is 1. The van der Waals surface area contributed by atoms with Gasteiger partial charge in [-0.15, -0.1) is 11.3 Å². The molecule has 0 bridgehead atoms. The Morgan fingerprint density at radius 1 is 1.43 bits per heavy atom. The first kappa shape index (κ1) is 18.6. The summed E-state index contributed by atoms with van der Waals surface area (Å²) in [4.78, 5) is 39.1. The van der Waals surface area contributed by atoms with Crippen molar-refractivity contribution < 1.29 is 19.1 Å². The normalized spacial score (nSPS) is 12.0. The standard InChI is InChI=1S/C14H18N4O4S/c1-14(2,3)22-13(21)17-6-10-18-9(7-23-10)11(19)8(5-15)12(20)16-4/h7-8H,6H2,1-4H3,(H,16,20)(H,17,21). The number of carbonyl (C=O) groups is 3. The Morgan fingerprint density at radius 2 is 2.09 bits per heavy atom. The molecule has 2 N–H and O–H groups in total. The summed E-state index contributed by atoms with van der Waals surface area (Å²) in [5.74, 6) is -2.79. The Hall–Kier alpha value is -2.47. The molecule has 9 heteroatoms. The molecule has 0 aromatic carbocycles. The smallest absolute Gasteiger partial charge is 0.408 e. The van der Waals surface area contributed by atoms with Gasteiger partial charge in [-0.3, -0.25) is 9.59 Å². The van der Waals surface area contributed by atoms with Crippen molar-refractivity contribution in [3.05, 3.63) is 16.1 Å². The summed E-state index contributed by atoms with van der Waals surface area (Å²) in [5.41, 5.74) is -0.590. The second-order valence-electron chi connectivity index (χ2n) is 5.52. The summed E-state index contributed by atoms with van der Waals surface area (Å²) in [6.45, 7) is 5.32. The maximum Gasteiger partial charge on any atom is 0.408 e. The molecular weight excluding hydrogens is 320 g/mol. The minimum absolute atomic E-state index is 0.0196. The summed E-state index contributed by atoms with van der Waals surface area (Å²) in [7, 11) is 1.34. The first-order valence-corrected chi connectivity index (χ1v) is 7.62. The van der Waals surface area contributed by atoms with E-state index in [1.165, 1.54) is 12.4 Å². The molecule has 0 saturated carbocycles. The van der Waals surface area contributed by atoms with Crippen LogP contribution in [-0.2, 0) is 16.1 Å². The molecule has 0 fully saturated rings. The monoisotopic (exact) mass is 338 g/mol. The van der Waals surface area contributed by atoms with Crippen LogP contribution in [-0.4, -0.2) is 35.4 Å². The number of nitriles is 1. The number of thiazole rings is 1. The highest BCUT2D eigenvalue weighted by Gasteiger charge is 2.28. The molecule has 1 rings (SSSR count). The van der Waals surface area contributed by atoms with Crippen molar-refractivity contribution in [3.63, 3.8) is 0 Å². The maximum atomic E-state index is 12.1. The van der Waals surface area contributed by atoms with Crippen molar-refractivity contribution in [2.24, 2.45) is 5.92 Å². The number of Topliss-reactive ketones (excluding diaryl/α,β-unsaturated/α-hetero) is 1. The van der Waals surface area contributed by atoms with E-state index in [2.05, 4.69) is 15.6 Å². The SMILES string of the molecule is CNC(=O)C(C#N)C(=O)c1csc(CNC(=O)OC(C)(C)C)n1. The molecule has 0 aliphatic rings. The van der Waals surface area contributed by atoms with Crippen LogP contribution in [0.4, 0.5) is 4.79 Å². The third-order valence-electron chi connectivity index (χ3n) is 2.49. The zero-order chi connectivity index (χ0) is 17.6. The fourth-order valence-corrected chi connectivity index (χ4v) is 2.22. The van der Waals surface area contributed by atoms with Crippen LogP contribution in [0.25, 0.3) is 0 Å². The average molecular weight is 338 g/mol. The predicted molar refractivity (Wildman–Crippen MR) is 82.7 cm³/mol. The number of hydrogen-bond donors (Lipinski definition) is 2. The van der Waals surface area contributed by atoms with Gasteiger partial charge >= 0.3 is 6.09 Å². The first-order valence-electron chi connectivity index (χ1n) is 6.74. The maximum absolute atomic E-state index is 12.1. The molecule has 124 valence electrons. The summed E-state index contributed by atoms with van der Waals surface area (Å²) in [5, 5.41) is 15.6. The van der Waals surface area contributed by atoms with Gasteiger partial charge in [0.2, 0.25) is 11.7 Å². The van der Waals surface area contributed by atoms with Crippen LogP contribution < -0.4 is 10.6 Å². The minimum atomic E-state index is -1.44. The number of hydrogen-bond acceptors (Lipinski definition) is 7. The quantitative estimate of drug-likeness (QED) is 0.615. The third kappa shape index (κ3) is 5.67. The zero-order valence-corrected chi connectivity index (χ0v) is 14.1. The molecule has 0 saturated heterocycles. The van der Waals surface area contributed by atoms with E-state index in [-0.39, 0.29) is 12.2 Å². The summed E-state index contributed by atoms with van der Waals surface area (Å²) >= 11 is 1.14. The van der Waals surface area contributed by atoms with Crippen LogP contribution in [0.2, 0.25) is 0 Å². The van der Waals surface area contributed by atoms with Crippen molar-refractivity contribution in [2.45, 2.75) is 32.9 Å². The number of carbonyl (C=O) groups excluding carboxylic acids is 3. The van der Waals surface area contributed by atoms with Crippen LogP contribution >= 0.6 is 11.3 Å². The predicted octanol–water partition coefficient (Wildman–Crippen LogP) is 1.24. The number of aromatic nitrogens is 1. The number of amides is 2. The highest BCUT2D eigenvalue weighted by Crippen LogP contribution is 2.14. The minimum Gasteiger partial charge on any atom is -0.444 e. The van der Waals surface area contributed by atoms with Crippen LogP contribution in [0.1, 0.15) is 36.3 Å². The van der Waals surface area contributed by atoms with E-state index >= 15 is 0 Å². The van der Waals surface area contributed by atoms with E-state index in [0.29, 0.717) is 5.01 Å². The lowest BCUT2D eigenvalue weighted by Crippen LogP contribution is -2.32. The molecule has 0 spiro atoms. The molecule has 1 atom stereocenters. The Bertz CT molecular complexity index is 642. The van der Waals surface area contributed by atoms with Gasteiger partial charge in [0.1, 0.15) is 16.3 Å². The number of nitrogens with zero attached hydrogens (tertiary/aromatic N) is 2. The van der Waals surface area contributed by atoms with Crippen molar-refractivity contribution in [3.8, 4) is 6.07 Å². The van der Waals surface area contributed by atoms with Gasteiger partial charge in [-0.2, -0.15) is 5.26 Å². The summed E-state index contributed by atoms with van der Waals surface area (Å²) < 4.78 is 5.08. The van der Waals surface area contributed by atoms with E-state index in [9.17, 15) is 14.4 Å². The van der Waals surface area contributed by atoms with Crippen LogP contribution in [0, 0.1) is 17.2 Å². The Morgan fingerprint density at radius 3 is 2.61 bits per heavy atom. The fourth-order valence-electron chi connectivity index (χ4n) is 1.50. The molecule has 1 heterocycles. The molecular formula is C14H18N4O4S. The molecule has 0 radical (unpaired) electrons. The topological polar surface area (TPSA) is 121 Å². The second-order valence-corrected chi connectivity index (χ2v) is 6.47. The van der Waals surface area contributed by atoms with Gasteiger partial charge in [0.25, 0.3) is 0 Å². The van der Waals surface area contributed by atoms with Crippen LogP contribution in [0.3, 0.4) is 0 Å². The Balaban J connectivity index is 2.68. The molecule has 1 unspecified atom stereocenters. The number of nitrogens with one attached hydrogen (secondary N) is 2. The van der Waals surface area contributed by atoms with E-state index in [0.717, 1.165) is 11.3 Å². The van der Waals surface area contributed by atoms with Gasteiger partial charge in [0.05, 0.1) is 12.6 Å². The highest BCUT2D eigenvalue weighted by molar-refractivity contribution is 7.09. The Kier molecular flexibility index (Phi) is 6.21. The van der Waals surface area contributed by atoms with E-state index in [1.54, 1.807) is 26.8 Å². The van der Waals surface area contributed by atoms with Crippen molar-refractivity contribution >= 4 is 29.1 Å². The van der Waals surface area contributed by atoms with Crippen molar-refractivity contribution in [1.82, 2.24) is 15.6 Å². The Labute approximate surface area is 137 Å². The summed E-state index contributed by atoms with van der Waals surface area (Å²) in [6.07, 6.45) is -0.596. The fraction of sp³-hybridized carbons (Fsp3) is 0.500. The summed E-state index contributed by atoms with van der Waals surface area (Å²) in [6, 6.07) is 1.65.